The van der Waals surface area contributed by atoms with Gasteiger partial charge in [-0.25, -0.2) is 0 Å². The Bertz CT molecular complexity index is 228. The zero-order chi connectivity index (χ0) is 8.27. The van der Waals surface area contributed by atoms with E-state index >= 15 is 0 Å². The monoisotopic (exact) mass is 205 g/mol. The smallest absolute Gasteiger partial charge is 0.0411 e. The van der Waals surface area contributed by atoms with Crippen molar-refractivity contribution in [1.82, 2.24) is 5.32 Å². The summed E-state index contributed by atoms with van der Waals surface area (Å²) in [6.45, 7) is 2.92. The summed E-state index contributed by atoms with van der Waals surface area (Å²) in [4.78, 5) is 0. The molecule has 1 aromatic rings. The molecule has 0 aliphatic heterocycles. The zero-order valence-corrected chi connectivity index (χ0v) is 8.80. The van der Waals surface area contributed by atoms with Crippen LogP contribution in [0.4, 0.5) is 0 Å². The Morgan fingerprint density at radius 2 is 2.00 bits per heavy atom. The topological polar surface area (TPSA) is 12.0 Å². The predicted molar refractivity (Wildman–Crippen MR) is 56.2 cm³/mol. The third kappa shape index (κ3) is 3.44. The third-order valence-corrected chi connectivity index (χ3v) is 1.70. The average molecular weight is 206 g/mol. The molecule has 0 bridgehead atoms. The second-order valence-corrected chi connectivity index (χ2v) is 3.10. The first-order chi connectivity index (χ1) is 5.22. The van der Waals surface area contributed by atoms with Crippen LogP contribution in [0.1, 0.15) is 11.1 Å². The highest BCUT2D eigenvalue weighted by Crippen LogP contribution is 2.13. The normalized spacial score (nSPS) is 9.25. The van der Waals surface area contributed by atoms with E-state index in [2.05, 4.69) is 11.4 Å². The van der Waals surface area contributed by atoms with Gasteiger partial charge >= 0.3 is 0 Å². The van der Waals surface area contributed by atoms with Crippen LogP contribution in [-0.2, 0) is 6.54 Å². The van der Waals surface area contributed by atoms with Crippen LogP contribution in [0.5, 0.6) is 0 Å². The molecule has 0 aliphatic rings. The number of rotatable bonds is 2. The van der Waals surface area contributed by atoms with Crippen LogP contribution in [0.25, 0.3) is 0 Å². The van der Waals surface area contributed by atoms with Crippen molar-refractivity contribution in [3.63, 3.8) is 0 Å². The van der Waals surface area contributed by atoms with E-state index in [9.17, 15) is 0 Å². The van der Waals surface area contributed by atoms with E-state index in [-0.39, 0.29) is 12.4 Å². The third-order valence-electron chi connectivity index (χ3n) is 1.48. The molecule has 1 N–H and O–H groups in total. The molecule has 1 rings (SSSR count). The lowest BCUT2D eigenvalue weighted by Gasteiger charge is -2.01. The van der Waals surface area contributed by atoms with E-state index in [1.807, 2.05) is 26.1 Å². The summed E-state index contributed by atoms with van der Waals surface area (Å²) in [5, 5.41) is 3.89. The van der Waals surface area contributed by atoms with Crippen molar-refractivity contribution >= 4 is 24.0 Å². The summed E-state index contributed by atoms with van der Waals surface area (Å²) in [5.74, 6) is 0. The fraction of sp³-hybridized carbons (Fsp3) is 0.333. The molecule has 0 saturated heterocycles. The van der Waals surface area contributed by atoms with E-state index in [0.717, 1.165) is 11.6 Å². The number of aryl methyl sites for hydroxylation is 1. The maximum Gasteiger partial charge on any atom is 0.0411 e. The Kier molecular flexibility index (Phi) is 5.31. The lowest BCUT2D eigenvalue weighted by atomic mass is 10.1. The van der Waals surface area contributed by atoms with Gasteiger partial charge in [-0.1, -0.05) is 17.7 Å². The number of hydrogen-bond donors (Lipinski definition) is 1. The first-order valence-corrected chi connectivity index (χ1v) is 4.01. The number of nitrogens with one attached hydrogen (secondary N) is 1. The molecule has 0 spiro atoms. The maximum absolute atomic E-state index is 5.86. The van der Waals surface area contributed by atoms with Crippen LogP contribution in [-0.4, -0.2) is 7.05 Å². The van der Waals surface area contributed by atoms with Gasteiger partial charge in [0.15, 0.2) is 0 Å². The van der Waals surface area contributed by atoms with E-state index in [4.69, 9.17) is 11.6 Å². The summed E-state index contributed by atoms with van der Waals surface area (Å²) in [6, 6.07) is 6.06. The van der Waals surface area contributed by atoms with Gasteiger partial charge in [0.1, 0.15) is 0 Å². The van der Waals surface area contributed by atoms with Crippen molar-refractivity contribution in [2.24, 2.45) is 0 Å². The SMILES string of the molecule is CNCc1cc(C)cc(Cl)c1.Cl. The Labute approximate surface area is 84.5 Å². The van der Waals surface area contributed by atoms with Crippen molar-refractivity contribution in [2.45, 2.75) is 13.5 Å². The highest BCUT2D eigenvalue weighted by Gasteiger charge is 1.94. The van der Waals surface area contributed by atoms with E-state index in [1.165, 1.54) is 11.1 Å². The molecule has 0 aliphatic carbocycles. The first kappa shape index (κ1) is 11.8. The maximum atomic E-state index is 5.86. The van der Waals surface area contributed by atoms with Crippen LogP contribution in [0, 0.1) is 6.92 Å². The lowest BCUT2D eigenvalue weighted by Crippen LogP contribution is -2.04. The molecule has 68 valence electrons. The molecule has 0 radical (unpaired) electrons. The second-order valence-electron chi connectivity index (χ2n) is 2.67. The Hall–Kier alpha value is -0.240. The summed E-state index contributed by atoms with van der Waals surface area (Å²) in [5.41, 5.74) is 2.44. The van der Waals surface area contributed by atoms with Gasteiger partial charge in [-0.2, -0.15) is 0 Å². The summed E-state index contributed by atoms with van der Waals surface area (Å²) in [7, 11) is 1.93. The zero-order valence-electron chi connectivity index (χ0n) is 7.23. The summed E-state index contributed by atoms with van der Waals surface area (Å²) in [6.07, 6.45) is 0. The Balaban J connectivity index is 0.00000121. The number of halogens is 2. The fourth-order valence-corrected chi connectivity index (χ4v) is 1.43. The van der Waals surface area contributed by atoms with Crippen molar-refractivity contribution in [3.05, 3.63) is 34.3 Å². The van der Waals surface area contributed by atoms with E-state index in [0.29, 0.717) is 0 Å². The number of benzene rings is 1. The van der Waals surface area contributed by atoms with Crippen molar-refractivity contribution in [1.29, 1.82) is 0 Å². The molecule has 0 atom stereocenters. The van der Waals surface area contributed by atoms with Crippen molar-refractivity contribution < 1.29 is 0 Å². The lowest BCUT2D eigenvalue weighted by molar-refractivity contribution is 0.817. The van der Waals surface area contributed by atoms with Crippen LogP contribution >= 0.6 is 24.0 Å². The molecule has 0 fully saturated rings. The quantitative estimate of drug-likeness (QED) is 0.784. The Morgan fingerprint density at radius 1 is 1.33 bits per heavy atom. The van der Waals surface area contributed by atoms with Gasteiger partial charge in [-0.3, -0.25) is 0 Å². The number of hydrogen-bond acceptors (Lipinski definition) is 1. The van der Waals surface area contributed by atoms with Crippen LogP contribution in [0.3, 0.4) is 0 Å². The molecule has 1 nitrogen and oxygen atoms in total. The molecule has 0 amide bonds. The van der Waals surface area contributed by atoms with E-state index < -0.39 is 0 Å². The highest BCUT2D eigenvalue weighted by atomic mass is 35.5. The van der Waals surface area contributed by atoms with Gasteiger partial charge < -0.3 is 5.32 Å². The van der Waals surface area contributed by atoms with Crippen LogP contribution < -0.4 is 5.32 Å². The predicted octanol–water partition coefficient (Wildman–Crippen LogP) is 2.79. The minimum Gasteiger partial charge on any atom is -0.316 e. The molecular formula is C9H13Cl2N. The highest BCUT2D eigenvalue weighted by molar-refractivity contribution is 6.30. The fourth-order valence-electron chi connectivity index (χ4n) is 1.12. The average Bonchev–Trinajstić information content (AvgIpc) is 1.85. The second kappa shape index (κ2) is 5.41. The molecular weight excluding hydrogens is 193 g/mol. The molecule has 12 heavy (non-hydrogen) atoms. The molecule has 0 unspecified atom stereocenters. The van der Waals surface area contributed by atoms with Gasteiger partial charge in [0.2, 0.25) is 0 Å². The minimum atomic E-state index is 0. The molecule has 0 saturated carbocycles. The van der Waals surface area contributed by atoms with Gasteiger partial charge in [-0.05, 0) is 37.2 Å². The first-order valence-electron chi connectivity index (χ1n) is 3.63. The van der Waals surface area contributed by atoms with Gasteiger partial charge in [0, 0.05) is 11.6 Å². The van der Waals surface area contributed by atoms with Gasteiger partial charge in [0.05, 0.1) is 0 Å². The summed E-state index contributed by atoms with van der Waals surface area (Å²) < 4.78 is 0. The largest absolute Gasteiger partial charge is 0.316 e. The van der Waals surface area contributed by atoms with E-state index in [1.54, 1.807) is 0 Å². The van der Waals surface area contributed by atoms with Gasteiger partial charge in [-0.15, -0.1) is 12.4 Å². The summed E-state index contributed by atoms with van der Waals surface area (Å²) >= 11 is 5.86. The molecule has 0 heterocycles. The molecule has 0 aromatic heterocycles. The Morgan fingerprint density at radius 3 is 2.50 bits per heavy atom. The standard InChI is InChI=1S/C9H12ClN.ClH/c1-7-3-8(6-11-2)5-9(10)4-7;/h3-5,11H,6H2,1-2H3;1H. The molecule has 3 heteroatoms. The van der Waals surface area contributed by atoms with Crippen LogP contribution in [0.15, 0.2) is 18.2 Å². The van der Waals surface area contributed by atoms with Gasteiger partial charge in [0.25, 0.3) is 0 Å². The van der Waals surface area contributed by atoms with Crippen molar-refractivity contribution in [2.75, 3.05) is 7.05 Å². The van der Waals surface area contributed by atoms with Crippen molar-refractivity contribution in [3.8, 4) is 0 Å². The molecule has 1 aromatic carbocycles. The minimum absolute atomic E-state index is 0. The van der Waals surface area contributed by atoms with Crippen LogP contribution in [0.2, 0.25) is 5.02 Å².